The Morgan fingerprint density at radius 2 is 1.83 bits per heavy atom. The smallest absolute Gasteiger partial charge is 0.231 e. The van der Waals surface area contributed by atoms with Crippen LogP contribution < -0.4 is 14.8 Å². The maximum atomic E-state index is 11.7. The molecular formula is C17H19ClN6O4S2. The number of aromatic nitrogens is 1. The number of amidine groups is 1. The fourth-order valence-corrected chi connectivity index (χ4v) is 3.67. The van der Waals surface area contributed by atoms with Crippen LogP contribution in [0.3, 0.4) is 0 Å². The minimum Gasteiger partial charge on any atom is -0.280 e. The van der Waals surface area contributed by atoms with Crippen molar-refractivity contribution in [3.63, 3.8) is 0 Å². The standard InChI is InChI=1S/C17H19ClN6O4S2/c1-29(25,26)23-15-9-13(10-21-17(15)24-30(2,27)28)16(22-11-19)20-8-7-12-5-3-4-6-14(12)18/h3-6,9-10,23H,7-8H2,1-2H3,(H,20,22)(H,21,24). The number of anilines is 2. The zero-order valence-corrected chi connectivity index (χ0v) is 18.4. The second kappa shape index (κ2) is 9.75. The summed E-state index contributed by atoms with van der Waals surface area (Å²) >= 11 is 6.12. The lowest BCUT2D eigenvalue weighted by atomic mass is 10.1. The minimum absolute atomic E-state index is 0.112. The van der Waals surface area contributed by atoms with Crippen molar-refractivity contribution >= 4 is 49.0 Å². The van der Waals surface area contributed by atoms with Crippen molar-refractivity contribution in [3.8, 4) is 6.19 Å². The quantitative estimate of drug-likeness (QED) is 0.229. The molecular weight excluding hydrogens is 452 g/mol. The summed E-state index contributed by atoms with van der Waals surface area (Å²) in [5, 5.41) is 12.1. The largest absolute Gasteiger partial charge is 0.280 e. The van der Waals surface area contributed by atoms with E-state index in [1.807, 2.05) is 18.2 Å². The molecule has 0 saturated carbocycles. The van der Waals surface area contributed by atoms with Crippen molar-refractivity contribution in [2.75, 3.05) is 28.5 Å². The van der Waals surface area contributed by atoms with Crippen LogP contribution in [0.25, 0.3) is 0 Å². The second-order valence-electron chi connectivity index (χ2n) is 6.18. The third-order valence-electron chi connectivity index (χ3n) is 3.52. The van der Waals surface area contributed by atoms with Crippen molar-refractivity contribution in [3.05, 3.63) is 52.7 Å². The van der Waals surface area contributed by atoms with Gasteiger partial charge in [-0.1, -0.05) is 29.8 Å². The third-order valence-corrected chi connectivity index (χ3v) is 5.05. The lowest BCUT2D eigenvalue weighted by Crippen LogP contribution is -2.22. The number of hydrogen-bond acceptors (Lipinski definition) is 7. The zero-order valence-electron chi connectivity index (χ0n) is 16.0. The molecule has 3 N–H and O–H groups in total. The zero-order chi connectivity index (χ0) is 22.4. The van der Waals surface area contributed by atoms with Crippen molar-refractivity contribution in [2.24, 2.45) is 4.99 Å². The van der Waals surface area contributed by atoms with Crippen LogP contribution in [0.4, 0.5) is 11.5 Å². The van der Waals surface area contributed by atoms with Gasteiger partial charge in [-0.2, -0.15) is 5.26 Å². The van der Waals surface area contributed by atoms with E-state index in [1.54, 1.807) is 12.3 Å². The first-order valence-corrected chi connectivity index (χ1v) is 12.5. The fourth-order valence-electron chi connectivity index (χ4n) is 2.37. The molecule has 1 aromatic carbocycles. The van der Waals surface area contributed by atoms with E-state index >= 15 is 0 Å². The molecule has 2 aromatic rings. The molecule has 2 rings (SSSR count). The van der Waals surface area contributed by atoms with E-state index in [-0.39, 0.29) is 29.4 Å². The Hall–Kier alpha value is -2.88. The average molecular weight is 471 g/mol. The Labute approximate surface area is 180 Å². The lowest BCUT2D eigenvalue weighted by molar-refractivity contribution is 0.604. The van der Waals surface area contributed by atoms with Gasteiger partial charge in [0.15, 0.2) is 12.0 Å². The van der Waals surface area contributed by atoms with Gasteiger partial charge in [0.1, 0.15) is 5.84 Å². The van der Waals surface area contributed by atoms with E-state index in [0.29, 0.717) is 11.4 Å². The normalized spacial score (nSPS) is 12.1. The molecule has 0 bridgehead atoms. The van der Waals surface area contributed by atoms with Crippen molar-refractivity contribution in [2.45, 2.75) is 6.42 Å². The first-order valence-electron chi connectivity index (χ1n) is 8.37. The molecule has 0 aliphatic rings. The molecule has 0 atom stereocenters. The number of benzene rings is 1. The maximum Gasteiger partial charge on any atom is 0.231 e. The number of nitrogens with one attached hydrogen (secondary N) is 3. The summed E-state index contributed by atoms with van der Waals surface area (Å²) in [4.78, 5) is 8.29. The van der Waals surface area contributed by atoms with Gasteiger partial charge in [0.05, 0.1) is 18.2 Å². The maximum absolute atomic E-state index is 11.7. The van der Waals surface area contributed by atoms with Crippen LogP contribution in [-0.2, 0) is 26.5 Å². The molecule has 30 heavy (non-hydrogen) atoms. The van der Waals surface area contributed by atoms with E-state index in [2.05, 4.69) is 24.7 Å². The number of hydrogen-bond donors (Lipinski definition) is 3. The van der Waals surface area contributed by atoms with Gasteiger partial charge in [0, 0.05) is 23.3 Å². The first-order chi connectivity index (χ1) is 14.0. The van der Waals surface area contributed by atoms with Crippen LogP contribution in [0, 0.1) is 11.5 Å². The molecule has 1 heterocycles. The highest BCUT2D eigenvalue weighted by Crippen LogP contribution is 2.23. The van der Waals surface area contributed by atoms with E-state index < -0.39 is 20.0 Å². The molecule has 13 heteroatoms. The van der Waals surface area contributed by atoms with Crippen molar-refractivity contribution in [1.82, 2.24) is 10.3 Å². The van der Waals surface area contributed by atoms with Gasteiger partial charge in [-0.3, -0.25) is 19.8 Å². The Morgan fingerprint density at radius 3 is 2.43 bits per heavy atom. The van der Waals surface area contributed by atoms with Gasteiger partial charge < -0.3 is 0 Å². The molecule has 10 nitrogen and oxygen atoms in total. The molecule has 0 fully saturated rings. The number of pyridine rings is 1. The number of sulfonamides is 2. The highest BCUT2D eigenvalue weighted by molar-refractivity contribution is 7.92. The van der Waals surface area contributed by atoms with Crippen molar-refractivity contribution < 1.29 is 16.8 Å². The summed E-state index contributed by atoms with van der Waals surface area (Å²) in [5.41, 5.74) is 1.05. The summed E-state index contributed by atoms with van der Waals surface area (Å²) in [5.74, 6) is -0.0708. The average Bonchev–Trinajstić information content (AvgIpc) is 2.62. The molecule has 0 radical (unpaired) electrons. The number of halogens is 1. The van der Waals surface area contributed by atoms with Crippen LogP contribution in [0.2, 0.25) is 5.02 Å². The minimum atomic E-state index is -3.73. The highest BCUT2D eigenvalue weighted by Gasteiger charge is 2.15. The predicted molar refractivity (Wildman–Crippen MR) is 116 cm³/mol. The molecule has 0 saturated heterocycles. The van der Waals surface area contributed by atoms with Gasteiger partial charge in [0.2, 0.25) is 20.0 Å². The Bertz CT molecular complexity index is 1210. The first kappa shape index (κ1) is 23.4. The summed E-state index contributed by atoms with van der Waals surface area (Å²) in [6, 6.07) is 8.60. The van der Waals surface area contributed by atoms with Crippen LogP contribution in [0.5, 0.6) is 0 Å². The lowest BCUT2D eigenvalue weighted by Gasteiger charge is -2.13. The van der Waals surface area contributed by atoms with Crippen molar-refractivity contribution in [1.29, 1.82) is 5.26 Å². The van der Waals surface area contributed by atoms with E-state index in [1.165, 1.54) is 12.3 Å². The summed E-state index contributed by atoms with van der Waals surface area (Å²) in [7, 11) is -7.44. The highest BCUT2D eigenvalue weighted by atomic mass is 35.5. The fraction of sp³-hybridized carbons (Fsp3) is 0.235. The summed E-state index contributed by atoms with van der Waals surface area (Å²) in [6.45, 7) is 0.284. The second-order valence-corrected chi connectivity index (χ2v) is 10.1. The molecule has 0 aliphatic carbocycles. The van der Waals surface area contributed by atoms with E-state index in [4.69, 9.17) is 16.9 Å². The number of nitriles is 1. The molecule has 160 valence electrons. The van der Waals surface area contributed by atoms with Crippen LogP contribution >= 0.6 is 11.6 Å². The number of aliphatic imine (C=N–C) groups is 1. The number of rotatable bonds is 8. The molecule has 1 aromatic heterocycles. The Balaban J connectivity index is 2.37. The topological polar surface area (TPSA) is 153 Å². The van der Waals surface area contributed by atoms with Gasteiger partial charge in [-0.15, -0.1) is 0 Å². The monoisotopic (exact) mass is 470 g/mol. The molecule has 0 amide bonds. The summed E-state index contributed by atoms with van der Waals surface area (Å²) < 4.78 is 50.7. The van der Waals surface area contributed by atoms with E-state index in [9.17, 15) is 16.8 Å². The molecule has 0 unspecified atom stereocenters. The Kier molecular flexibility index (Phi) is 7.60. The predicted octanol–water partition coefficient (Wildman–Crippen LogP) is 1.54. The SMILES string of the molecule is CS(=O)(=O)Nc1cc(C(=NCCc2ccccc2Cl)NC#N)cnc1NS(C)(=O)=O. The number of nitrogens with zero attached hydrogens (tertiary/aromatic N) is 3. The molecule has 0 aliphatic heterocycles. The van der Waals surface area contributed by atoms with Crippen LogP contribution in [0.15, 0.2) is 41.5 Å². The summed E-state index contributed by atoms with van der Waals surface area (Å²) in [6.07, 6.45) is 5.35. The van der Waals surface area contributed by atoms with Gasteiger partial charge in [-0.05, 0) is 24.1 Å². The Morgan fingerprint density at radius 1 is 1.17 bits per heavy atom. The van der Waals surface area contributed by atoms with Gasteiger partial charge in [0.25, 0.3) is 0 Å². The van der Waals surface area contributed by atoms with E-state index in [0.717, 1.165) is 18.1 Å². The molecule has 0 spiro atoms. The van der Waals surface area contributed by atoms with Crippen LogP contribution in [-0.4, -0.2) is 46.7 Å². The van der Waals surface area contributed by atoms with Gasteiger partial charge >= 0.3 is 0 Å². The third kappa shape index (κ3) is 7.51. The van der Waals surface area contributed by atoms with Gasteiger partial charge in [-0.25, -0.2) is 21.8 Å². The van der Waals surface area contributed by atoms with Crippen LogP contribution in [0.1, 0.15) is 11.1 Å².